The van der Waals surface area contributed by atoms with Gasteiger partial charge < -0.3 is 20.9 Å². The van der Waals surface area contributed by atoms with Crippen LogP contribution >= 0.6 is 11.3 Å². The molecule has 43 heavy (non-hydrogen) atoms. The van der Waals surface area contributed by atoms with Crippen molar-refractivity contribution in [2.24, 2.45) is 25.6 Å². The summed E-state index contributed by atoms with van der Waals surface area (Å²) in [4.78, 5) is 5.15. The van der Waals surface area contributed by atoms with E-state index in [1.807, 2.05) is 73.0 Å². The number of rotatable bonds is 13. The molecule has 228 valence electrons. The maximum atomic E-state index is 6.52. The molecule has 0 amide bonds. The lowest BCUT2D eigenvalue weighted by Crippen LogP contribution is -2.39. The van der Waals surface area contributed by atoms with Crippen LogP contribution in [0.25, 0.3) is 0 Å². The maximum absolute atomic E-state index is 6.52. The van der Waals surface area contributed by atoms with E-state index in [-0.39, 0.29) is 23.8 Å². The zero-order chi connectivity index (χ0) is 30.7. The number of nitrogens with zero attached hydrogens (tertiary/aromatic N) is 5. The number of nitrogens with two attached hydrogens (primary N) is 2. The molecule has 4 N–H and O–H groups in total. The highest BCUT2D eigenvalue weighted by molar-refractivity contribution is 7.09. The van der Waals surface area contributed by atoms with Gasteiger partial charge in [-0.15, -0.1) is 11.3 Å². The van der Waals surface area contributed by atoms with Gasteiger partial charge in [-0.2, -0.15) is 10.2 Å². The predicted molar refractivity (Wildman–Crippen MR) is 172 cm³/mol. The molecule has 10 heteroatoms. The quantitative estimate of drug-likeness (QED) is 0.190. The van der Waals surface area contributed by atoms with Gasteiger partial charge in [0.25, 0.3) is 0 Å². The molecular formula is C33H43N7O2S. The van der Waals surface area contributed by atoms with E-state index < -0.39 is 0 Å². The first-order valence-corrected chi connectivity index (χ1v) is 15.3. The molecule has 0 saturated carbocycles. The Morgan fingerprint density at radius 3 is 2.00 bits per heavy atom. The number of thiazole rings is 1. The lowest BCUT2D eigenvalue weighted by molar-refractivity contribution is 0.0624. The fourth-order valence-corrected chi connectivity index (χ4v) is 5.42. The van der Waals surface area contributed by atoms with E-state index in [0.717, 1.165) is 34.7 Å². The molecule has 0 fully saturated rings. The topological polar surface area (TPSA) is 119 Å². The average molecular weight is 602 g/mol. The van der Waals surface area contributed by atoms with E-state index in [9.17, 15) is 0 Å². The second-order valence-corrected chi connectivity index (χ2v) is 12.0. The van der Waals surface area contributed by atoms with Gasteiger partial charge in [-0.1, -0.05) is 60.7 Å². The smallest absolute Gasteiger partial charge is 0.135 e. The van der Waals surface area contributed by atoms with E-state index in [1.165, 1.54) is 5.56 Å². The van der Waals surface area contributed by atoms with Gasteiger partial charge in [-0.25, -0.2) is 0 Å². The lowest BCUT2D eigenvalue weighted by Gasteiger charge is -2.26. The van der Waals surface area contributed by atoms with Gasteiger partial charge >= 0.3 is 0 Å². The molecule has 2 aromatic carbocycles. The van der Waals surface area contributed by atoms with Crippen LogP contribution in [-0.2, 0) is 30.0 Å². The summed E-state index contributed by atoms with van der Waals surface area (Å²) in [5, 5.41) is 8.45. The molecule has 0 aliphatic heterocycles. The summed E-state index contributed by atoms with van der Waals surface area (Å²) < 4.78 is 15.8. The number of hydrogen-bond acceptors (Lipinski definition) is 8. The zero-order valence-electron chi connectivity index (χ0n) is 25.4. The maximum Gasteiger partial charge on any atom is 0.135 e. The highest BCUT2D eigenvalue weighted by atomic mass is 32.1. The van der Waals surface area contributed by atoms with Gasteiger partial charge in [0.1, 0.15) is 12.2 Å². The van der Waals surface area contributed by atoms with Crippen LogP contribution in [0.2, 0.25) is 0 Å². The van der Waals surface area contributed by atoms with Crippen LogP contribution in [0.1, 0.15) is 59.9 Å². The first-order chi connectivity index (χ1) is 20.7. The fourth-order valence-electron chi connectivity index (χ4n) is 4.74. The standard InChI is InChI=1S/C22H27N3O.C11H16N4OS/c1-22(23,17-18-9-5-3-6-10-18)14-16-26-21(19-11-7-4-8-12-19)20-13-15-24-25(20)2;1-8(12)6-16-11(10-5-13-7-17-10)9-3-4-14-15(9)2/h3-13,15,21H,14,16-17,23H2,1-2H3;3-5,7-8,11H,6,12H2,1-2H3. The van der Waals surface area contributed by atoms with Crippen molar-refractivity contribution in [3.8, 4) is 0 Å². The second kappa shape index (κ2) is 15.7. The third-order valence-corrected chi connectivity index (χ3v) is 7.82. The van der Waals surface area contributed by atoms with Crippen LogP contribution in [-0.4, -0.2) is 49.3 Å². The van der Waals surface area contributed by atoms with Crippen molar-refractivity contribution in [3.63, 3.8) is 0 Å². The van der Waals surface area contributed by atoms with Crippen molar-refractivity contribution in [1.82, 2.24) is 24.5 Å². The van der Waals surface area contributed by atoms with Crippen molar-refractivity contribution in [2.75, 3.05) is 13.2 Å². The van der Waals surface area contributed by atoms with Crippen molar-refractivity contribution < 1.29 is 9.47 Å². The summed E-state index contributed by atoms with van der Waals surface area (Å²) in [6.45, 7) is 5.11. The Kier molecular flexibility index (Phi) is 11.8. The van der Waals surface area contributed by atoms with Crippen LogP contribution in [0.4, 0.5) is 0 Å². The molecule has 9 nitrogen and oxygen atoms in total. The third-order valence-electron chi connectivity index (χ3n) is 7.00. The van der Waals surface area contributed by atoms with Crippen LogP contribution in [0.3, 0.4) is 0 Å². The van der Waals surface area contributed by atoms with Crippen molar-refractivity contribution in [2.45, 2.75) is 50.5 Å². The van der Waals surface area contributed by atoms with Crippen LogP contribution in [0.15, 0.2) is 96.9 Å². The summed E-state index contributed by atoms with van der Waals surface area (Å²) in [6.07, 6.45) is 6.72. The van der Waals surface area contributed by atoms with Gasteiger partial charge in [0, 0.05) is 50.9 Å². The minimum Gasteiger partial charge on any atom is -0.367 e. The molecule has 0 aliphatic carbocycles. The van der Waals surface area contributed by atoms with E-state index in [4.69, 9.17) is 20.9 Å². The highest BCUT2D eigenvalue weighted by Crippen LogP contribution is 2.28. The molecule has 3 heterocycles. The predicted octanol–water partition coefficient (Wildman–Crippen LogP) is 5.21. The van der Waals surface area contributed by atoms with Crippen molar-refractivity contribution >= 4 is 11.3 Å². The normalized spacial score (nSPS) is 14.7. The van der Waals surface area contributed by atoms with Crippen molar-refractivity contribution in [3.05, 3.63) is 124 Å². The minimum absolute atomic E-state index is 0.0126. The van der Waals surface area contributed by atoms with E-state index >= 15 is 0 Å². The van der Waals surface area contributed by atoms with Gasteiger partial charge in [0.2, 0.25) is 0 Å². The van der Waals surface area contributed by atoms with Crippen LogP contribution < -0.4 is 11.5 Å². The van der Waals surface area contributed by atoms with E-state index in [0.29, 0.717) is 13.2 Å². The molecule has 0 spiro atoms. The SMILES string of the molecule is CC(N)COC(c1cncs1)c1ccnn1C.Cn1nccc1C(OCCC(C)(N)Cc1ccccc1)c1ccccc1. The highest BCUT2D eigenvalue weighted by Gasteiger charge is 2.23. The summed E-state index contributed by atoms with van der Waals surface area (Å²) in [5.41, 5.74) is 18.2. The number of benzene rings is 2. The Labute approximate surface area is 258 Å². The Balaban J connectivity index is 0.000000215. The Morgan fingerprint density at radius 1 is 0.860 bits per heavy atom. The Hall–Kier alpha value is -3.67. The number of aryl methyl sites for hydroxylation is 2. The van der Waals surface area contributed by atoms with Crippen molar-refractivity contribution in [1.29, 1.82) is 0 Å². The minimum atomic E-state index is -0.310. The molecular weight excluding hydrogens is 558 g/mol. The number of ether oxygens (including phenoxy) is 2. The summed E-state index contributed by atoms with van der Waals surface area (Å²) in [7, 11) is 3.84. The van der Waals surface area contributed by atoms with Crippen LogP contribution in [0, 0.1) is 0 Å². The first-order valence-electron chi connectivity index (χ1n) is 14.4. The lowest BCUT2D eigenvalue weighted by atomic mass is 9.91. The largest absolute Gasteiger partial charge is 0.367 e. The molecule has 0 saturated heterocycles. The second-order valence-electron chi connectivity index (χ2n) is 11.1. The zero-order valence-corrected chi connectivity index (χ0v) is 26.2. The van der Waals surface area contributed by atoms with Gasteiger partial charge in [-0.05, 0) is 49.9 Å². The van der Waals surface area contributed by atoms with E-state index in [1.54, 1.807) is 29.2 Å². The molecule has 0 radical (unpaired) electrons. The van der Waals surface area contributed by atoms with Gasteiger partial charge in [-0.3, -0.25) is 14.3 Å². The monoisotopic (exact) mass is 601 g/mol. The van der Waals surface area contributed by atoms with Gasteiger partial charge in [0.15, 0.2) is 0 Å². The molecule has 0 aliphatic rings. The molecule has 4 unspecified atom stereocenters. The van der Waals surface area contributed by atoms with Gasteiger partial charge in [0.05, 0.1) is 28.4 Å². The fraction of sp³-hybridized carbons (Fsp3) is 0.364. The Bertz CT molecular complexity index is 1470. The summed E-state index contributed by atoms with van der Waals surface area (Å²) >= 11 is 1.57. The molecule has 5 aromatic rings. The molecule has 4 atom stereocenters. The molecule has 3 aromatic heterocycles. The summed E-state index contributed by atoms with van der Waals surface area (Å²) in [6, 6.07) is 24.6. The number of hydrogen-bond donors (Lipinski definition) is 2. The average Bonchev–Trinajstić information content (AvgIpc) is 3.76. The Morgan fingerprint density at radius 2 is 1.47 bits per heavy atom. The molecule has 5 rings (SSSR count). The number of aromatic nitrogens is 5. The van der Waals surface area contributed by atoms with Crippen LogP contribution in [0.5, 0.6) is 0 Å². The third kappa shape index (κ3) is 9.67. The molecule has 0 bridgehead atoms. The van der Waals surface area contributed by atoms with E-state index in [2.05, 4.69) is 58.5 Å². The summed E-state index contributed by atoms with van der Waals surface area (Å²) in [5.74, 6) is 0. The first kappa shape index (κ1) is 32.2.